The van der Waals surface area contributed by atoms with Gasteiger partial charge in [0, 0.05) is 5.92 Å². The molecule has 1 fully saturated rings. The van der Waals surface area contributed by atoms with Crippen LogP contribution in [0.15, 0.2) is 48.5 Å². The first-order valence-corrected chi connectivity index (χ1v) is 11.1. The van der Waals surface area contributed by atoms with Gasteiger partial charge in [-0.15, -0.1) is 0 Å². The molecule has 0 spiro atoms. The minimum absolute atomic E-state index is 0.0594. The number of alkyl carbamates (subject to hydrolysis) is 1. The van der Waals surface area contributed by atoms with Crippen molar-refractivity contribution in [2.24, 2.45) is 0 Å². The minimum atomic E-state index is -0.942. The Hall–Kier alpha value is -3.35. The number of carboxylic acids is 1. The summed E-state index contributed by atoms with van der Waals surface area (Å²) in [5.74, 6) is -1.37. The molecule has 2 aromatic rings. The van der Waals surface area contributed by atoms with E-state index in [1.165, 1.54) is 0 Å². The van der Waals surface area contributed by atoms with Crippen molar-refractivity contribution >= 4 is 18.0 Å². The molecule has 0 bridgehead atoms. The molecule has 2 aliphatic carbocycles. The van der Waals surface area contributed by atoms with E-state index in [0.717, 1.165) is 28.7 Å². The molecule has 1 unspecified atom stereocenters. The number of benzene rings is 2. The lowest BCUT2D eigenvalue weighted by Crippen LogP contribution is -2.59. The molecule has 0 heterocycles. The summed E-state index contributed by atoms with van der Waals surface area (Å²) in [6.45, 7) is 1.96. The van der Waals surface area contributed by atoms with Crippen LogP contribution in [0, 0.1) is 0 Å². The number of amides is 2. The van der Waals surface area contributed by atoms with Crippen LogP contribution in [0.3, 0.4) is 0 Å². The highest BCUT2D eigenvalue weighted by Gasteiger charge is 2.41. The van der Waals surface area contributed by atoms with Gasteiger partial charge in [-0.25, -0.2) is 4.79 Å². The molecule has 1 atom stereocenters. The van der Waals surface area contributed by atoms with Crippen molar-refractivity contribution in [2.45, 2.75) is 56.5 Å². The van der Waals surface area contributed by atoms with E-state index in [1.54, 1.807) is 6.92 Å². The largest absolute Gasteiger partial charge is 0.481 e. The molecule has 3 N–H and O–H groups in total. The number of hydrogen-bond acceptors (Lipinski definition) is 4. The van der Waals surface area contributed by atoms with Gasteiger partial charge in [-0.3, -0.25) is 9.59 Å². The smallest absolute Gasteiger partial charge is 0.407 e. The number of carboxylic acid groups (broad SMARTS) is 1. The molecule has 168 valence electrons. The van der Waals surface area contributed by atoms with Crippen LogP contribution in [0.1, 0.15) is 56.1 Å². The minimum Gasteiger partial charge on any atom is -0.481 e. The summed E-state index contributed by atoms with van der Waals surface area (Å²) >= 11 is 0. The van der Waals surface area contributed by atoms with Crippen LogP contribution in [0.25, 0.3) is 11.1 Å². The van der Waals surface area contributed by atoms with E-state index in [0.29, 0.717) is 19.3 Å². The van der Waals surface area contributed by atoms with Crippen molar-refractivity contribution in [2.75, 3.05) is 6.61 Å². The molecule has 2 amide bonds. The fourth-order valence-electron chi connectivity index (χ4n) is 4.72. The maximum atomic E-state index is 12.7. The molecule has 1 saturated carbocycles. The number of carbonyl (C=O) groups excluding carboxylic acids is 2. The highest BCUT2D eigenvalue weighted by molar-refractivity contribution is 5.87. The van der Waals surface area contributed by atoms with Crippen LogP contribution >= 0.6 is 0 Å². The normalized spacial score (nSPS) is 16.8. The average molecular weight is 437 g/mol. The second kappa shape index (κ2) is 9.02. The SMILES string of the molecule is CCC(NC(=O)OCC1c2ccccc2-c2ccccc21)C(=O)NC1(CC(=O)O)CCC1. The highest BCUT2D eigenvalue weighted by Crippen LogP contribution is 2.44. The van der Waals surface area contributed by atoms with Crippen LogP contribution in [0.5, 0.6) is 0 Å². The summed E-state index contributed by atoms with van der Waals surface area (Å²) in [5, 5.41) is 14.6. The molecule has 7 heteroatoms. The molecule has 0 aromatic heterocycles. The number of ether oxygens (including phenoxy) is 1. The lowest BCUT2D eigenvalue weighted by molar-refractivity contribution is -0.140. The number of carbonyl (C=O) groups is 3. The molecular weight excluding hydrogens is 408 g/mol. The fourth-order valence-corrected chi connectivity index (χ4v) is 4.72. The second-order valence-corrected chi connectivity index (χ2v) is 8.62. The van der Waals surface area contributed by atoms with Crippen molar-refractivity contribution in [1.29, 1.82) is 0 Å². The Morgan fingerprint density at radius 1 is 1.06 bits per heavy atom. The first-order chi connectivity index (χ1) is 15.4. The van der Waals surface area contributed by atoms with Crippen LogP contribution < -0.4 is 10.6 Å². The Balaban J connectivity index is 1.37. The zero-order chi connectivity index (χ0) is 22.7. The zero-order valence-corrected chi connectivity index (χ0v) is 18.1. The summed E-state index contributed by atoms with van der Waals surface area (Å²) < 4.78 is 5.53. The molecule has 0 saturated heterocycles. The van der Waals surface area contributed by atoms with Gasteiger partial charge in [0.25, 0.3) is 0 Å². The lowest BCUT2D eigenvalue weighted by atomic mass is 9.74. The predicted octanol–water partition coefficient (Wildman–Crippen LogP) is 3.82. The first kappa shape index (κ1) is 21.9. The van der Waals surface area contributed by atoms with Crippen LogP contribution in [0.4, 0.5) is 4.79 Å². The highest BCUT2D eigenvalue weighted by atomic mass is 16.5. The van der Waals surface area contributed by atoms with Gasteiger partial charge in [0.2, 0.25) is 5.91 Å². The van der Waals surface area contributed by atoms with Crippen molar-refractivity contribution in [3.63, 3.8) is 0 Å². The molecular formula is C25H28N2O5. The van der Waals surface area contributed by atoms with Gasteiger partial charge in [-0.05, 0) is 47.9 Å². The van der Waals surface area contributed by atoms with Crippen molar-refractivity contribution in [3.8, 4) is 11.1 Å². The zero-order valence-electron chi connectivity index (χ0n) is 18.1. The van der Waals surface area contributed by atoms with E-state index in [9.17, 15) is 14.4 Å². The standard InChI is InChI=1S/C25H28N2O5/c1-2-21(23(30)27-25(12-7-13-25)14-22(28)29)26-24(31)32-15-20-18-10-5-3-8-16(18)17-9-4-6-11-19(17)20/h3-6,8-11,20-21H,2,7,12-15H2,1H3,(H,26,31)(H,27,30)(H,28,29). The molecule has 2 aliphatic rings. The summed E-state index contributed by atoms with van der Waals surface area (Å²) in [4.78, 5) is 36.4. The average Bonchev–Trinajstić information content (AvgIpc) is 3.08. The van der Waals surface area contributed by atoms with Crippen molar-refractivity contribution in [1.82, 2.24) is 10.6 Å². The molecule has 0 aliphatic heterocycles. The quantitative estimate of drug-likeness (QED) is 0.584. The number of hydrogen-bond donors (Lipinski definition) is 3. The van der Waals surface area contributed by atoms with E-state index < -0.39 is 23.6 Å². The molecule has 4 rings (SSSR count). The van der Waals surface area contributed by atoms with Gasteiger partial charge >= 0.3 is 12.1 Å². The third kappa shape index (κ3) is 4.33. The third-order valence-corrected chi connectivity index (χ3v) is 6.55. The Morgan fingerprint density at radius 3 is 2.16 bits per heavy atom. The number of rotatable bonds is 8. The predicted molar refractivity (Wildman–Crippen MR) is 119 cm³/mol. The van der Waals surface area contributed by atoms with E-state index in [-0.39, 0.29) is 24.9 Å². The third-order valence-electron chi connectivity index (χ3n) is 6.55. The molecule has 7 nitrogen and oxygen atoms in total. The molecule has 2 aromatic carbocycles. The van der Waals surface area contributed by atoms with Gasteiger partial charge in [-0.1, -0.05) is 55.5 Å². The lowest BCUT2D eigenvalue weighted by Gasteiger charge is -2.42. The maximum Gasteiger partial charge on any atom is 0.407 e. The Labute approximate surface area is 187 Å². The fraction of sp³-hybridized carbons (Fsp3) is 0.400. The Morgan fingerprint density at radius 2 is 1.66 bits per heavy atom. The van der Waals surface area contributed by atoms with Crippen LogP contribution in [0.2, 0.25) is 0 Å². The van der Waals surface area contributed by atoms with E-state index in [2.05, 4.69) is 22.8 Å². The van der Waals surface area contributed by atoms with Gasteiger partial charge in [-0.2, -0.15) is 0 Å². The van der Waals surface area contributed by atoms with Gasteiger partial charge < -0.3 is 20.5 Å². The van der Waals surface area contributed by atoms with Crippen LogP contribution in [-0.4, -0.2) is 41.3 Å². The summed E-state index contributed by atoms with van der Waals surface area (Å²) in [5.41, 5.74) is 3.82. The van der Waals surface area contributed by atoms with E-state index in [4.69, 9.17) is 9.84 Å². The summed E-state index contributed by atoms with van der Waals surface area (Å²) in [6, 6.07) is 15.4. The Kier molecular flexibility index (Phi) is 6.17. The molecule has 32 heavy (non-hydrogen) atoms. The summed E-state index contributed by atoms with van der Waals surface area (Å²) in [7, 11) is 0. The van der Waals surface area contributed by atoms with Crippen LogP contribution in [-0.2, 0) is 14.3 Å². The monoisotopic (exact) mass is 436 g/mol. The Bertz CT molecular complexity index is 985. The summed E-state index contributed by atoms with van der Waals surface area (Å²) in [6.07, 6.45) is 1.75. The first-order valence-electron chi connectivity index (χ1n) is 11.1. The van der Waals surface area contributed by atoms with Gasteiger partial charge in [0.15, 0.2) is 0 Å². The number of nitrogens with one attached hydrogen (secondary N) is 2. The molecule has 0 radical (unpaired) electrons. The van der Waals surface area contributed by atoms with E-state index >= 15 is 0 Å². The van der Waals surface area contributed by atoms with Crippen molar-refractivity contribution < 1.29 is 24.2 Å². The van der Waals surface area contributed by atoms with Gasteiger partial charge in [0.05, 0.1) is 12.0 Å². The maximum absolute atomic E-state index is 12.7. The van der Waals surface area contributed by atoms with Crippen molar-refractivity contribution in [3.05, 3.63) is 59.7 Å². The van der Waals surface area contributed by atoms with E-state index in [1.807, 2.05) is 36.4 Å². The van der Waals surface area contributed by atoms with Gasteiger partial charge in [0.1, 0.15) is 12.6 Å². The topological polar surface area (TPSA) is 105 Å². The number of aliphatic carboxylic acids is 1. The second-order valence-electron chi connectivity index (χ2n) is 8.62. The number of fused-ring (bicyclic) bond motifs is 3.